The van der Waals surface area contributed by atoms with Gasteiger partial charge in [-0.15, -0.1) is 0 Å². The zero-order chi connectivity index (χ0) is 20.7. The Morgan fingerprint density at radius 1 is 1.00 bits per heavy atom. The van der Waals surface area contributed by atoms with Gasteiger partial charge in [-0.25, -0.2) is 0 Å². The van der Waals surface area contributed by atoms with Crippen LogP contribution in [-0.2, 0) is 5.41 Å². The lowest BCUT2D eigenvalue weighted by Gasteiger charge is -2.38. The van der Waals surface area contributed by atoms with Crippen molar-refractivity contribution in [2.45, 2.75) is 64.7 Å². The minimum absolute atomic E-state index is 0.267. The Balaban J connectivity index is 1.82. The van der Waals surface area contributed by atoms with E-state index in [1.165, 1.54) is 60.2 Å². The van der Waals surface area contributed by atoms with Crippen molar-refractivity contribution in [3.05, 3.63) is 65.2 Å². The van der Waals surface area contributed by atoms with E-state index in [-0.39, 0.29) is 5.41 Å². The number of benzene rings is 2. The lowest BCUT2D eigenvalue weighted by molar-refractivity contribution is 0.296. The zero-order valence-corrected chi connectivity index (χ0v) is 18.8. The second-order valence-corrected chi connectivity index (χ2v) is 8.46. The van der Waals surface area contributed by atoms with Gasteiger partial charge in [-0.05, 0) is 74.9 Å². The summed E-state index contributed by atoms with van der Waals surface area (Å²) in [7, 11) is 2.05. The van der Waals surface area contributed by atoms with E-state index in [1.54, 1.807) is 0 Å². The molecule has 29 heavy (non-hydrogen) atoms. The van der Waals surface area contributed by atoms with E-state index in [2.05, 4.69) is 85.6 Å². The van der Waals surface area contributed by atoms with Crippen LogP contribution in [-0.4, -0.2) is 20.1 Å². The van der Waals surface area contributed by atoms with E-state index in [1.807, 2.05) is 7.05 Å². The molecule has 1 fully saturated rings. The zero-order valence-electron chi connectivity index (χ0n) is 18.8. The average molecular weight is 391 g/mol. The van der Waals surface area contributed by atoms with Gasteiger partial charge in [0.25, 0.3) is 0 Å². The second-order valence-electron chi connectivity index (χ2n) is 8.46. The molecule has 0 amide bonds. The standard InChI is InChI=1S/C27H38N2/c1-5-29(6-2)24-17-16-23(22(3)21-24)13-12-20-27(18-10-7-11-19-27)25-14-8-9-15-26(25)28-4/h8-9,12-17,21,28H,5-7,10-11,18-20H2,1-4H3/b13-12+. The first-order valence-corrected chi connectivity index (χ1v) is 11.4. The Hall–Kier alpha value is -2.22. The normalized spacial score (nSPS) is 16.1. The van der Waals surface area contributed by atoms with Crippen molar-refractivity contribution in [3.8, 4) is 0 Å². The number of anilines is 2. The van der Waals surface area contributed by atoms with Gasteiger partial charge >= 0.3 is 0 Å². The van der Waals surface area contributed by atoms with Gasteiger partial charge in [-0.2, -0.15) is 0 Å². The third-order valence-electron chi connectivity index (χ3n) is 6.77. The molecule has 3 rings (SSSR count). The number of nitrogens with one attached hydrogen (secondary N) is 1. The Bertz CT molecular complexity index is 811. The lowest BCUT2D eigenvalue weighted by Crippen LogP contribution is -2.29. The smallest absolute Gasteiger partial charge is 0.0375 e. The van der Waals surface area contributed by atoms with E-state index in [9.17, 15) is 0 Å². The van der Waals surface area contributed by atoms with Crippen LogP contribution in [0.5, 0.6) is 0 Å². The molecule has 1 N–H and O–H groups in total. The van der Waals surface area contributed by atoms with Gasteiger partial charge in [0.2, 0.25) is 0 Å². The maximum Gasteiger partial charge on any atom is 0.0375 e. The molecule has 0 unspecified atom stereocenters. The van der Waals surface area contributed by atoms with E-state index in [0.717, 1.165) is 19.5 Å². The van der Waals surface area contributed by atoms with Gasteiger partial charge in [0.05, 0.1) is 0 Å². The summed E-state index contributed by atoms with van der Waals surface area (Å²) in [4.78, 5) is 2.41. The SMILES string of the molecule is CCN(CC)c1ccc(/C=C/CC2(c3ccccc3NC)CCCCC2)c(C)c1. The number of rotatable bonds is 8. The van der Waals surface area contributed by atoms with Gasteiger partial charge in [0, 0.05) is 36.9 Å². The topological polar surface area (TPSA) is 15.3 Å². The highest BCUT2D eigenvalue weighted by Gasteiger charge is 2.34. The molecule has 2 heteroatoms. The van der Waals surface area contributed by atoms with Crippen LogP contribution in [0.25, 0.3) is 6.08 Å². The van der Waals surface area contributed by atoms with Gasteiger partial charge < -0.3 is 10.2 Å². The number of aryl methyl sites for hydroxylation is 1. The van der Waals surface area contributed by atoms with Crippen molar-refractivity contribution in [2.75, 3.05) is 30.4 Å². The Kier molecular flexibility index (Phi) is 7.41. The van der Waals surface area contributed by atoms with Gasteiger partial charge in [0.1, 0.15) is 0 Å². The third kappa shape index (κ3) is 4.86. The predicted molar refractivity (Wildman–Crippen MR) is 129 cm³/mol. The lowest BCUT2D eigenvalue weighted by atomic mass is 9.67. The van der Waals surface area contributed by atoms with Crippen molar-refractivity contribution in [2.24, 2.45) is 0 Å². The highest BCUT2D eigenvalue weighted by molar-refractivity contribution is 5.61. The maximum absolute atomic E-state index is 3.43. The Morgan fingerprint density at radius 3 is 2.38 bits per heavy atom. The molecule has 0 aliphatic heterocycles. The van der Waals surface area contributed by atoms with Crippen molar-refractivity contribution in [1.29, 1.82) is 0 Å². The average Bonchev–Trinajstić information content (AvgIpc) is 2.76. The largest absolute Gasteiger partial charge is 0.388 e. The molecular formula is C27H38N2. The fourth-order valence-electron chi connectivity index (χ4n) is 5.02. The van der Waals surface area contributed by atoms with Gasteiger partial charge in [-0.3, -0.25) is 0 Å². The first-order valence-electron chi connectivity index (χ1n) is 11.4. The molecule has 156 valence electrons. The summed E-state index contributed by atoms with van der Waals surface area (Å²) < 4.78 is 0. The van der Waals surface area contributed by atoms with Gasteiger partial charge in [0.15, 0.2) is 0 Å². The number of allylic oxidation sites excluding steroid dienone is 1. The minimum Gasteiger partial charge on any atom is -0.388 e. The molecule has 0 aromatic heterocycles. The Labute approximate surface area is 178 Å². The van der Waals surface area contributed by atoms with E-state index in [0.29, 0.717) is 0 Å². The third-order valence-corrected chi connectivity index (χ3v) is 6.77. The molecule has 2 aromatic rings. The molecular weight excluding hydrogens is 352 g/mol. The van der Waals surface area contributed by atoms with Crippen LogP contribution in [0.4, 0.5) is 11.4 Å². The minimum atomic E-state index is 0.267. The van der Waals surface area contributed by atoms with Crippen LogP contribution in [0.3, 0.4) is 0 Å². The fourth-order valence-corrected chi connectivity index (χ4v) is 5.02. The highest BCUT2D eigenvalue weighted by atomic mass is 15.1. The molecule has 0 spiro atoms. The molecule has 2 nitrogen and oxygen atoms in total. The second kappa shape index (κ2) is 10.0. The molecule has 0 atom stereocenters. The van der Waals surface area contributed by atoms with Crippen LogP contribution in [0.2, 0.25) is 0 Å². The summed E-state index contributed by atoms with van der Waals surface area (Å²) in [5.74, 6) is 0. The number of nitrogens with zero attached hydrogens (tertiary/aromatic N) is 1. The quantitative estimate of drug-likeness (QED) is 0.513. The molecule has 2 aromatic carbocycles. The van der Waals surface area contributed by atoms with E-state index in [4.69, 9.17) is 0 Å². The van der Waals surface area contributed by atoms with Crippen molar-refractivity contribution < 1.29 is 0 Å². The van der Waals surface area contributed by atoms with Crippen LogP contribution >= 0.6 is 0 Å². The number of para-hydroxylation sites is 1. The summed E-state index contributed by atoms with van der Waals surface area (Å²) in [6, 6.07) is 15.8. The Morgan fingerprint density at radius 2 is 1.72 bits per heavy atom. The molecule has 0 saturated heterocycles. The molecule has 0 radical (unpaired) electrons. The van der Waals surface area contributed by atoms with Crippen molar-refractivity contribution in [1.82, 2.24) is 0 Å². The monoisotopic (exact) mass is 390 g/mol. The summed E-state index contributed by atoms with van der Waals surface area (Å²) in [5.41, 5.74) is 7.09. The van der Waals surface area contributed by atoms with Crippen molar-refractivity contribution >= 4 is 17.5 Å². The first kappa shape index (κ1) is 21.5. The maximum atomic E-state index is 3.43. The molecule has 1 aliphatic rings. The molecule has 0 heterocycles. The summed E-state index contributed by atoms with van der Waals surface area (Å²) in [6.07, 6.45) is 12.5. The first-order chi connectivity index (χ1) is 14.1. The molecule has 0 bridgehead atoms. The molecule has 1 aliphatic carbocycles. The van der Waals surface area contributed by atoms with E-state index < -0.39 is 0 Å². The predicted octanol–water partition coefficient (Wildman–Crippen LogP) is 7.19. The summed E-state index contributed by atoms with van der Waals surface area (Å²) in [5, 5.41) is 3.43. The number of hydrogen-bond acceptors (Lipinski definition) is 2. The van der Waals surface area contributed by atoms with Crippen LogP contribution in [0.15, 0.2) is 48.5 Å². The number of hydrogen-bond donors (Lipinski definition) is 1. The van der Waals surface area contributed by atoms with Crippen LogP contribution in [0, 0.1) is 6.92 Å². The van der Waals surface area contributed by atoms with Crippen LogP contribution in [0.1, 0.15) is 69.1 Å². The van der Waals surface area contributed by atoms with Gasteiger partial charge in [-0.1, -0.05) is 55.7 Å². The summed E-state index contributed by atoms with van der Waals surface area (Å²) in [6.45, 7) is 8.79. The summed E-state index contributed by atoms with van der Waals surface area (Å²) >= 11 is 0. The highest BCUT2D eigenvalue weighted by Crippen LogP contribution is 2.45. The van der Waals surface area contributed by atoms with E-state index >= 15 is 0 Å². The molecule has 1 saturated carbocycles. The van der Waals surface area contributed by atoms with Crippen molar-refractivity contribution in [3.63, 3.8) is 0 Å². The van der Waals surface area contributed by atoms with Crippen LogP contribution < -0.4 is 10.2 Å². The fraction of sp³-hybridized carbons (Fsp3) is 0.481.